The fraction of sp³-hybridized carbons (Fsp3) is 0.400. The van der Waals surface area contributed by atoms with Crippen LogP contribution in [-0.4, -0.2) is 29.8 Å². The second kappa shape index (κ2) is 8.50. The van der Waals surface area contributed by atoms with Crippen molar-refractivity contribution in [1.29, 1.82) is 0 Å². The maximum atomic E-state index is 13.1. The summed E-state index contributed by atoms with van der Waals surface area (Å²) < 4.78 is 44.4. The molecule has 1 atom stereocenters. The molecule has 28 heavy (non-hydrogen) atoms. The van der Waals surface area contributed by atoms with E-state index in [-0.39, 0.29) is 24.8 Å². The van der Waals surface area contributed by atoms with Gasteiger partial charge in [-0.1, -0.05) is 12.1 Å². The van der Waals surface area contributed by atoms with Gasteiger partial charge in [0.25, 0.3) is 0 Å². The zero-order valence-electron chi connectivity index (χ0n) is 15.2. The van der Waals surface area contributed by atoms with Crippen LogP contribution in [0.4, 0.5) is 13.2 Å². The molecular weight excluding hydrogens is 373 g/mol. The summed E-state index contributed by atoms with van der Waals surface area (Å²) in [5.41, 5.74) is -0.464. The number of hydrogen-bond acceptors (Lipinski definition) is 3. The molecule has 2 heterocycles. The van der Waals surface area contributed by atoms with Crippen molar-refractivity contribution in [3.63, 3.8) is 0 Å². The van der Waals surface area contributed by atoms with Crippen LogP contribution in [0.25, 0.3) is 0 Å². The van der Waals surface area contributed by atoms with E-state index in [1.807, 2.05) is 0 Å². The van der Waals surface area contributed by atoms with E-state index < -0.39 is 17.8 Å². The molecule has 0 spiro atoms. The second-order valence-corrected chi connectivity index (χ2v) is 6.77. The Morgan fingerprint density at radius 1 is 1.25 bits per heavy atom. The van der Waals surface area contributed by atoms with Crippen molar-refractivity contribution < 1.29 is 27.2 Å². The Hall–Kier alpha value is -2.77. The standard InChI is InChI=1S/C20H21F3N2O3/c21-20(22,23)15-5-1-4-14(12-15)17(13-25-10-2-7-19(25)27)24-18(26)9-8-16-6-3-11-28-16/h1,3-6,11-12,17H,2,7-10,13H2,(H,24,26). The molecular formula is C20H21F3N2O3. The normalized spacial score (nSPS) is 15.7. The van der Waals surface area contributed by atoms with E-state index in [2.05, 4.69) is 5.32 Å². The predicted octanol–water partition coefficient (Wildman–Crippen LogP) is 3.71. The smallest absolute Gasteiger partial charge is 0.416 e. The van der Waals surface area contributed by atoms with Crippen molar-refractivity contribution >= 4 is 11.8 Å². The second-order valence-electron chi connectivity index (χ2n) is 6.77. The number of likely N-dealkylation sites (tertiary alicyclic amines) is 1. The van der Waals surface area contributed by atoms with Gasteiger partial charge in [0.05, 0.1) is 17.9 Å². The molecule has 1 aliphatic heterocycles. The highest BCUT2D eigenvalue weighted by Gasteiger charge is 2.32. The quantitative estimate of drug-likeness (QED) is 0.779. The topological polar surface area (TPSA) is 62.6 Å². The molecule has 0 bridgehead atoms. The Bertz CT molecular complexity index is 818. The van der Waals surface area contributed by atoms with Crippen molar-refractivity contribution in [2.24, 2.45) is 0 Å². The van der Waals surface area contributed by atoms with Crippen molar-refractivity contribution in [3.8, 4) is 0 Å². The minimum Gasteiger partial charge on any atom is -0.469 e. The molecule has 1 unspecified atom stereocenters. The van der Waals surface area contributed by atoms with E-state index in [1.165, 1.54) is 18.4 Å². The molecule has 1 saturated heterocycles. The van der Waals surface area contributed by atoms with E-state index in [9.17, 15) is 22.8 Å². The summed E-state index contributed by atoms with van der Waals surface area (Å²) in [7, 11) is 0. The van der Waals surface area contributed by atoms with E-state index in [4.69, 9.17) is 4.42 Å². The lowest BCUT2D eigenvalue weighted by Gasteiger charge is -2.26. The van der Waals surface area contributed by atoms with Crippen LogP contribution in [0.2, 0.25) is 0 Å². The summed E-state index contributed by atoms with van der Waals surface area (Å²) in [5, 5.41) is 2.78. The monoisotopic (exact) mass is 394 g/mol. The van der Waals surface area contributed by atoms with Crippen LogP contribution in [0.15, 0.2) is 47.1 Å². The molecule has 8 heteroatoms. The number of furan rings is 1. The average molecular weight is 394 g/mol. The maximum absolute atomic E-state index is 13.1. The number of aryl methyl sites for hydroxylation is 1. The molecule has 1 N–H and O–H groups in total. The molecule has 3 rings (SSSR count). The van der Waals surface area contributed by atoms with E-state index in [1.54, 1.807) is 17.0 Å². The summed E-state index contributed by atoms with van der Waals surface area (Å²) in [6.45, 7) is 0.684. The Morgan fingerprint density at radius 2 is 2.07 bits per heavy atom. The first-order valence-electron chi connectivity index (χ1n) is 9.09. The van der Waals surface area contributed by atoms with Gasteiger partial charge in [0, 0.05) is 32.4 Å². The van der Waals surface area contributed by atoms with Crippen LogP contribution in [0.3, 0.4) is 0 Å². The molecule has 0 radical (unpaired) electrons. The number of alkyl halides is 3. The molecule has 0 aliphatic carbocycles. The van der Waals surface area contributed by atoms with Gasteiger partial charge in [-0.15, -0.1) is 0 Å². The third-order valence-corrected chi connectivity index (χ3v) is 4.70. The third kappa shape index (κ3) is 5.15. The molecule has 2 aromatic rings. The fourth-order valence-corrected chi connectivity index (χ4v) is 3.24. The Labute approximate surface area is 160 Å². The fourth-order valence-electron chi connectivity index (χ4n) is 3.24. The first-order chi connectivity index (χ1) is 13.3. The predicted molar refractivity (Wildman–Crippen MR) is 95.2 cm³/mol. The van der Waals surface area contributed by atoms with E-state index in [0.717, 1.165) is 12.1 Å². The van der Waals surface area contributed by atoms with Gasteiger partial charge in [0.2, 0.25) is 11.8 Å². The first kappa shape index (κ1) is 20.0. The Morgan fingerprint density at radius 3 is 2.71 bits per heavy atom. The maximum Gasteiger partial charge on any atom is 0.416 e. The lowest BCUT2D eigenvalue weighted by molar-refractivity contribution is -0.137. The highest BCUT2D eigenvalue weighted by atomic mass is 19.4. The van der Waals surface area contributed by atoms with Gasteiger partial charge in [-0.05, 0) is 36.2 Å². The highest BCUT2D eigenvalue weighted by molar-refractivity contribution is 5.79. The molecule has 2 amide bonds. The number of halogens is 3. The molecule has 1 fully saturated rings. The van der Waals surface area contributed by atoms with Gasteiger partial charge in [-0.25, -0.2) is 0 Å². The number of amides is 2. The van der Waals surface area contributed by atoms with E-state index >= 15 is 0 Å². The Kier molecular flexibility index (Phi) is 6.06. The lowest BCUT2D eigenvalue weighted by Crippen LogP contribution is -2.38. The minimum atomic E-state index is -4.48. The van der Waals surface area contributed by atoms with Gasteiger partial charge < -0.3 is 14.6 Å². The summed E-state index contributed by atoms with van der Waals surface area (Å²) in [6.07, 6.45) is -1.32. The number of nitrogens with zero attached hydrogens (tertiary/aromatic N) is 1. The van der Waals surface area contributed by atoms with Gasteiger partial charge in [-0.2, -0.15) is 13.2 Å². The van der Waals surface area contributed by atoms with Crippen LogP contribution in [0.5, 0.6) is 0 Å². The van der Waals surface area contributed by atoms with Crippen LogP contribution < -0.4 is 5.32 Å². The minimum absolute atomic E-state index is 0.0539. The zero-order valence-corrected chi connectivity index (χ0v) is 15.2. The number of rotatable bonds is 7. The van der Waals surface area contributed by atoms with Crippen molar-refractivity contribution in [2.45, 2.75) is 37.9 Å². The van der Waals surface area contributed by atoms with Gasteiger partial charge in [0.1, 0.15) is 5.76 Å². The molecule has 5 nitrogen and oxygen atoms in total. The summed E-state index contributed by atoms with van der Waals surface area (Å²) in [5.74, 6) is 0.285. The summed E-state index contributed by atoms with van der Waals surface area (Å²) in [4.78, 5) is 25.9. The van der Waals surface area contributed by atoms with Crippen LogP contribution >= 0.6 is 0 Å². The molecule has 1 aromatic heterocycles. The Balaban J connectivity index is 1.74. The third-order valence-electron chi connectivity index (χ3n) is 4.70. The number of carbonyl (C=O) groups excluding carboxylic acids is 2. The SMILES string of the molecule is O=C(CCc1ccco1)NC(CN1CCCC1=O)c1cccc(C(F)(F)F)c1. The van der Waals surface area contributed by atoms with Crippen LogP contribution in [-0.2, 0) is 22.2 Å². The summed E-state index contributed by atoms with van der Waals surface area (Å²) >= 11 is 0. The summed E-state index contributed by atoms with van der Waals surface area (Å²) in [6, 6.07) is 7.61. The van der Waals surface area contributed by atoms with Crippen molar-refractivity contribution in [2.75, 3.05) is 13.1 Å². The highest BCUT2D eigenvalue weighted by Crippen LogP contribution is 2.31. The number of nitrogens with one attached hydrogen (secondary N) is 1. The molecule has 1 aromatic carbocycles. The van der Waals surface area contributed by atoms with Crippen molar-refractivity contribution in [1.82, 2.24) is 10.2 Å². The first-order valence-corrected chi connectivity index (χ1v) is 9.09. The van der Waals surface area contributed by atoms with Crippen LogP contribution in [0.1, 0.15) is 42.2 Å². The van der Waals surface area contributed by atoms with Crippen LogP contribution in [0, 0.1) is 0 Å². The zero-order chi connectivity index (χ0) is 20.1. The van der Waals surface area contributed by atoms with Gasteiger partial charge >= 0.3 is 6.18 Å². The number of benzene rings is 1. The van der Waals surface area contributed by atoms with Crippen molar-refractivity contribution in [3.05, 3.63) is 59.5 Å². The van der Waals surface area contributed by atoms with Gasteiger partial charge in [-0.3, -0.25) is 9.59 Å². The van der Waals surface area contributed by atoms with E-state index in [0.29, 0.717) is 37.1 Å². The average Bonchev–Trinajstić information content (AvgIpc) is 3.31. The molecule has 0 saturated carbocycles. The molecule has 1 aliphatic rings. The van der Waals surface area contributed by atoms with Gasteiger partial charge in [0.15, 0.2) is 0 Å². The largest absolute Gasteiger partial charge is 0.469 e. The molecule has 150 valence electrons. The lowest BCUT2D eigenvalue weighted by atomic mass is 10.0. The number of carbonyl (C=O) groups is 2. The number of hydrogen-bond donors (Lipinski definition) is 1.